The fourth-order valence-corrected chi connectivity index (χ4v) is 4.91. The molecule has 3 atom stereocenters. The number of carbonyl (C=O) groups is 2. The monoisotopic (exact) mass is 445 g/mol. The van der Waals surface area contributed by atoms with Crippen LogP contribution in [0.5, 0.6) is 0 Å². The van der Waals surface area contributed by atoms with Gasteiger partial charge in [0.05, 0.1) is 17.8 Å². The van der Waals surface area contributed by atoms with Crippen molar-refractivity contribution in [2.45, 2.75) is 51.7 Å². The molecular formula is C21H28ClN7O2. The van der Waals surface area contributed by atoms with Crippen molar-refractivity contribution in [3.05, 3.63) is 35.1 Å². The van der Waals surface area contributed by atoms with Crippen molar-refractivity contribution in [3.63, 3.8) is 0 Å². The lowest BCUT2D eigenvalue weighted by atomic mass is 9.88. The molecule has 0 radical (unpaired) electrons. The summed E-state index contributed by atoms with van der Waals surface area (Å²) in [5, 5.41) is 17.9. The molecule has 0 aliphatic carbocycles. The molecule has 1 aromatic heterocycles. The lowest BCUT2D eigenvalue weighted by Gasteiger charge is -2.26. The zero-order chi connectivity index (χ0) is 22.0. The van der Waals surface area contributed by atoms with E-state index >= 15 is 0 Å². The van der Waals surface area contributed by atoms with Crippen LogP contribution in [-0.2, 0) is 16.1 Å². The van der Waals surface area contributed by atoms with Crippen LogP contribution in [0.25, 0.3) is 5.69 Å². The summed E-state index contributed by atoms with van der Waals surface area (Å²) in [7, 11) is 0. The minimum Gasteiger partial charge on any atom is -0.306 e. The molecule has 2 fully saturated rings. The standard InChI is InChI=1S/C21H28ClN7O2/c1-13(2)16-7-8-23-19(16)21(31)25-20(30)18-4-3-9-28(18)11-14-10-15(22)5-6-17(14)29-12-24-26-27-29/h5-6,10,12-13,16,18-19,23H,3-4,7-9,11H2,1-2H3,(H,25,30,31)/t16?,18-,19-/m0/s1. The SMILES string of the molecule is CC(C)C1CCN[C@@H]1C(=O)NC(=O)[C@@H]1CCCN1Cc1cc(Cl)ccc1-n1cnnn1. The molecule has 2 aliphatic rings. The predicted octanol–water partition coefficient (Wildman–Crippen LogP) is 1.56. The van der Waals surface area contributed by atoms with Gasteiger partial charge in [0.25, 0.3) is 0 Å². The van der Waals surface area contributed by atoms with Gasteiger partial charge >= 0.3 is 0 Å². The molecule has 2 N–H and O–H groups in total. The number of hydrogen-bond donors (Lipinski definition) is 2. The van der Waals surface area contributed by atoms with Crippen LogP contribution in [0.15, 0.2) is 24.5 Å². The first-order chi connectivity index (χ1) is 14.9. The number of halogens is 1. The summed E-state index contributed by atoms with van der Waals surface area (Å²) >= 11 is 6.23. The predicted molar refractivity (Wildman–Crippen MR) is 115 cm³/mol. The number of nitrogens with zero attached hydrogens (tertiary/aromatic N) is 5. The molecule has 0 bridgehead atoms. The molecule has 31 heavy (non-hydrogen) atoms. The zero-order valence-electron chi connectivity index (χ0n) is 17.8. The van der Waals surface area contributed by atoms with Crippen LogP contribution < -0.4 is 10.6 Å². The van der Waals surface area contributed by atoms with Crippen LogP contribution in [0, 0.1) is 11.8 Å². The number of amides is 2. The highest BCUT2D eigenvalue weighted by atomic mass is 35.5. The van der Waals surface area contributed by atoms with E-state index in [1.54, 1.807) is 10.7 Å². The maximum Gasteiger partial charge on any atom is 0.244 e. The maximum absolute atomic E-state index is 13.0. The molecule has 0 spiro atoms. The topological polar surface area (TPSA) is 105 Å². The van der Waals surface area contributed by atoms with Crippen molar-refractivity contribution in [1.82, 2.24) is 35.7 Å². The van der Waals surface area contributed by atoms with Crippen molar-refractivity contribution in [3.8, 4) is 5.69 Å². The molecule has 2 aliphatic heterocycles. The third kappa shape index (κ3) is 4.78. The van der Waals surface area contributed by atoms with E-state index in [1.807, 2.05) is 12.1 Å². The van der Waals surface area contributed by atoms with Crippen molar-refractivity contribution < 1.29 is 9.59 Å². The van der Waals surface area contributed by atoms with E-state index < -0.39 is 0 Å². The second kappa shape index (κ2) is 9.42. The average Bonchev–Trinajstić information content (AvgIpc) is 3.49. The average molecular weight is 446 g/mol. The van der Waals surface area contributed by atoms with Crippen LogP contribution >= 0.6 is 11.6 Å². The molecule has 1 aromatic carbocycles. The van der Waals surface area contributed by atoms with Crippen molar-refractivity contribution in [2.75, 3.05) is 13.1 Å². The number of rotatable bonds is 6. The van der Waals surface area contributed by atoms with Gasteiger partial charge in [-0.05, 0) is 78.4 Å². The summed E-state index contributed by atoms with van der Waals surface area (Å²) in [4.78, 5) is 27.9. The number of carbonyl (C=O) groups excluding carboxylic acids is 2. The van der Waals surface area contributed by atoms with Crippen molar-refractivity contribution in [2.24, 2.45) is 11.8 Å². The van der Waals surface area contributed by atoms with Crippen molar-refractivity contribution in [1.29, 1.82) is 0 Å². The summed E-state index contributed by atoms with van der Waals surface area (Å²) in [5.74, 6) is 0.184. The Morgan fingerprint density at radius 1 is 1.29 bits per heavy atom. The van der Waals surface area contributed by atoms with Crippen LogP contribution in [0.1, 0.15) is 38.7 Å². The number of likely N-dealkylation sites (tertiary alicyclic amines) is 1. The van der Waals surface area contributed by atoms with E-state index in [-0.39, 0.29) is 29.8 Å². The maximum atomic E-state index is 13.0. The smallest absolute Gasteiger partial charge is 0.244 e. The quantitative estimate of drug-likeness (QED) is 0.650. The van der Waals surface area contributed by atoms with Crippen LogP contribution in [-0.4, -0.2) is 62.1 Å². The molecule has 4 rings (SSSR count). The highest BCUT2D eigenvalue weighted by Gasteiger charge is 2.38. The molecule has 166 valence electrons. The summed E-state index contributed by atoms with van der Waals surface area (Å²) < 4.78 is 1.58. The fourth-order valence-electron chi connectivity index (χ4n) is 4.72. The lowest BCUT2D eigenvalue weighted by Crippen LogP contribution is -2.51. The van der Waals surface area contributed by atoms with Gasteiger partial charge in [0, 0.05) is 11.6 Å². The van der Waals surface area contributed by atoms with Gasteiger partial charge in [-0.25, -0.2) is 4.68 Å². The second-order valence-electron chi connectivity index (χ2n) is 8.64. The molecule has 10 heteroatoms. The minimum absolute atomic E-state index is 0.217. The Balaban J connectivity index is 1.46. The van der Waals surface area contributed by atoms with E-state index in [0.717, 1.165) is 37.2 Å². The molecule has 2 aromatic rings. The Hall–Kier alpha value is -2.36. The van der Waals surface area contributed by atoms with Gasteiger partial charge in [0.15, 0.2) is 0 Å². The molecule has 0 saturated carbocycles. The molecular weight excluding hydrogens is 418 g/mol. The number of aromatic nitrogens is 4. The van der Waals surface area contributed by atoms with Crippen LogP contribution in [0.2, 0.25) is 5.02 Å². The molecule has 1 unspecified atom stereocenters. The Bertz CT molecular complexity index is 934. The second-order valence-corrected chi connectivity index (χ2v) is 9.07. The molecule has 3 heterocycles. The van der Waals surface area contributed by atoms with E-state index in [9.17, 15) is 9.59 Å². The Morgan fingerprint density at radius 2 is 2.13 bits per heavy atom. The fraction of sp³-hybridized carbons (Fsp3) is 0.571. The van der Waals surface area contributed by atoms with Gasteiger partial charge in [0.1, 0.15) is 6.33 Å². The highest BCUT2D eigenvalue weighted by molar-refractivity contribution is 6.30. The Labute approximate surface area is 186 Å². The third-order valence-electron chi connectivity index (χ3n) is 6.33. The molecule has 2 saturated heterocycles. The lowest BCUT2D eigenvalue weighted by molar-refractivity contribution is -0.134. The van der Waals surface area contributed by atoms with E-state index in [1.165, 1.54) is 6.33 Å². The molecule has 2 amide bonds. The first kappa shape index (κ1) is 21.9. The molecule has 9 nitrogen and oxygen atoms in total. The summed E-state index contributed by atoms with van der Waals surface area (Å²) in [6.07, 6.45) is 4.09. The summed E-state index contributed by atoms with van der Waals surface area (Å²) in [6, 6.07) is 4.85. The van der Waals surface area contributed by atoms with Crippen LogP contribution in [0.3, 0.4) is 0 Å². The van der Waals surface area contributed by atoms with Gasteiger partial charge in [0.2, 0.25) is 11.8 Å². The van der Waals surface area contributed by atoms with Gasteiger partial charge in [-0.15, -0.1) is 5.10 Å². The first-order valence-electron chi connectivity index (χ1n) is 10.8. The van der Waals surface area contributed by atoms with Crippen LogP contribution in [0.4, 0.5) is 0 Å². The summed E-state index contributed by atoms with van der Waals surface area (Å²) in [5.41, 5.74) is 1.73. The van der Waals surface area contributed by atoms with E-state index in [2.05, 4.69) is 44.9 Å². The number of tetrazole rings is 1. The summed E-state index contributed by atoms with van der Waals surface area (Å²) in [6.45, 7) is 6.32. The Morgan fingerprint density at radius 3 is 2.87 bits per heavy atom. The van der Waals surface area contributed by atoms with E-state index in [4.69, 9.17) is 11.6 Å². The normalized spacial score (nSPS) is 24.1. The largest absolute Gasteiger partial charge is 0.306 e. The number of nitrogens with one attached hydrogen (secondary N) is 2. The zero-order valence-corrected chi connectivity index (χ0v) is 18.5. The van der Waals surface area contributed by atoms with Gasteiger partial charge < -0.3 is 5.32 Å². The van der Waals surface area contributed by atoms with Gasteiger partial charge in [-0.1, -0.05) is 25.4 Å². The third-order valence-corrected chi connectivity index (χ3v) is 6.57. The Kier molecular flexibility index (Phi) is 6.64. The minimum atomic E-state index is -0.358. The number of imide groups is 1. The van der Waals surface area contributed by atoms with E-state index in [0.29, 0.717) is 23.9 Å². The number of hydrogen-bond acceptors (Lipinski definition) is 7. The van der Waals surface area contributed by atoms with Gasteiger partial charge in [-0.3, -0.25) is 19.8 Å². The highest BCUT2D eigenvalue weighted by Crippen LogP contribution is 2.27. The number of benzene rings is 1. The van der Waals surface area contributed by atoms with Gasteiger partial charge in [-0.2, -0.15) is 0 Å². The van der Waals surface area contributed by atoms with Crippen molar-refractivity contribution >= 4 is 23.4 Å². The first-order valence-corrected chi connectivity index (χ1v) is 11.2.